The van der Waals surface area contributed by atoms with Gasteiger partial charge in [-0.3, -0.25) is 9.59 Å². The summed E-state index contributed by atoms with van der Waals surface area (Å²) >= 11 is 0. The summed E-state index contributed by atoms with van der Waals surface area (Å²) in [5, 5.41) is 3.88. The van der Waals surface area contributed by atoms with Gasteiger partial charge in [0.1, 0.15) is 11.4 Å². The third-order valence-corrected chi connectivity index (χ3v) is 3.65. The summed E-state index contributed by atoms with van der Waals surface area (Å²) in [4.78, 5) is 29.4. The second-order valence-corrected chi connectivity index (χ2v) is 5.35. The third kappa shape index (κ3) is 3.11. The maximum Gasteiger partial charge on any atom is 0.271 e. The molecule has 0 unspecified atom stereocenters. The number of aromatic amines is 2. The average Bonchev–Trinajstić information content (AvgIpc) is 2.55. The lowest BCUT2D eigenvalue weighted by atomic mass is 10.1. The molecule has 0 saturated carbocycles. The molecule has 6 heteroatoms. The smallest absolute Gasteiger partial charge is 0.271 e. The second kappa shape index (κ2) is 6.00. The van der Waals surface area contributed by atoms with Crippen molar-refractivity contribution in [2.75, 3.05) is 12.4 Å². The molecule has 0 atom stereocenters. The molecule has 2 aromatic heterocycles. The van der Waals surface area contributed by atoms with E-state index < -0.39 is 0 Å². The zero-order valence-corrected chi connectivity index (χ0v) is 12.9. The number of methoxy groups -OCH3 is 1. The molecular formula is C17H17N3O3. The largest absolute Gasteiger partial charge is 0.497 e. The lowest BCUT2D eigenvalue weighted by Crippen LogP contribution is -2.19. The predicted molar refractivity (Wildman–Crippen MR) is 90.2 cm³/mol. The zero-order chi connectivity index (χ0) is 16.4. The number of ether oxygens (including phenoxy) is 1. The van der Waals surface area contributed by atoms with Gasteiger partial charge >= 0.3 is 0 Å². The lowest BCUT2D eigenvalue weighted by molar-refractivity contribution is 0.415. The van der Waals surface area contributed by atoms with Crippen LogP contribution in [0.4, 0.5) is 5.69 Å². The molecule has 118 valence electrons. The van der Waals surface area contributed by atoms with E-state index in [4.69, 9.17) is 4.74 Å². The van der Waals surface area contributed by atoms with Gasteiger partial charge in [0.15, 0.2) is 0 Å². The number of benzene rings is 1. The highest BCUT2D eigenvalue weighted by Crippen LogP contribution is 2.19. The molecule has 3 aromatic rings. The summed E-state index contributed by atoms with van der Waals surface area (Å²) < 4.78 is 5.20. The molecule has 0 aliphatic rings. The average molecular weight is 311 g/mol. The third-order valence-electron chi connectivity index (χ3n) is 3.65. The van der Waals surface area contributed by atoms with Crippen LogP contribution in [-0.2, 0) is 6.54 Å². The Kier molecular flexibility index (Phi) is 3.89. The van der Waals surface area contributed by atoms with E-state index in [9.17, 15) is 9.59 Å². The number of rotatable bonds is 4. The molecule has 0 radical (unpaired) electrons. The van der Waals surface area contributed by atoms with Crippen LogP contribution >= 0.6 is 0 Å². The van der Waals surface area contributed by atoms with Crippen molar-refractivity contribution in [1.82, 2.24) is 9.97 Å². The van der Waals surface area contributed by atoms with Crippen molar-refractivity contribution in [3.63, 3.8) is 0 Å². The normalized spacial score (nSPS) is 10.7. The Morgan fingerprint density at radius 1 is 1.13 bits per heavy atom. The standard InChI is InChI=1S/C17H17N3O3/c1-10-5-15(17(22)19-8-10)18-9-12-6-11-7-13(23-2)3-4-14(11)20-16(12)21/h3-8,18H,9H2,1-2H3,(H,19,22)(H,20,21). The summed E-state index contributed by atoms with van der Waals surface area (Å²) in [6.07, 6.45) is 1.64. The van der Waals surface area contributed by atoms with Gasteiger partial charge in [-0.05, 0) is 42.8 Å². The van der Waals surface area contributed by atoms with Gasteiger partial charge in [-0.15, -0.1) is 0 Å². The number of hydrogen-bond donors (Lipinski definition) is 3. The van der Waals surface area contributed by atoms with Crippen molar-refractivity contribution >= 4 is 16.6 Å². The van der Waals surface area contributed by atoms with E-state index in [1.807, 2.05) is 13.0 Å². The molecule has 3 rings (SSSR count). The Morgan fingerprint density at radius 2 is 1.96 bits per heavy atom. The van der Waals surface area contributed by atoms with E-state index in [1.165, 1.54) is 0 Å². The summed E-state index contributed by atoms with van der Waals surface area (Å²) in [5.41, 5.74) is 2.27. The van der Waals surface area contributed by atoms with Crippen LogP contribution < -0.4 is 21.2 Å². The topological polar surface area (TPSA) is 87.0 Å². The first-order chi connectivity index (χ1) is 11.1. The van der Waals surface area contributed by atoms with Crippen molar-refractivity contribution in [3.05, 3.63) is 68.4 Å². The molecule has 0 bridgehead atoms. The summed E-state index contributed by atoms with van der Waals surface area (Å²) in [6.45, 7) is 2.14. The Morgan fingerprint density at radius 3 is 2.74 bits per heavy atom. The molecular weight excluding hydrogens is 294 g/mol. The van der Waals surface area contributed by atoms with Crippen molar-refractivity contribution < 1.29 is 4.74 Å². The quantitative estimate of drug-likeness (QED) is 0.689. The Bertz CT molecular complexity index is 973. The monoisotopic (exact) mass is 311 g/mol. The van der Waals surface area contributed by atoms with E-state index in [1.54, 1.807) is 37.6 Å². The first kappa shape index (κ1) is 14.9. The summed E-state index contributed by atoms with van der Waals surface area (Å²) in [6, 6.07) is 9.00. The van der Waals surface area contributed by atoms with Crippen LogP contribution in [0.3, 0.4) is 0 Å². The van der Waals surface area contributed by atoms with Gasteiger partial charge in [0.2, 0.25) is 0 Å². The number of fused-ring (bicyclic) bond motifs is 1. The minimum Gasteiger partial charge on any atom is -0.497 e. The number of H-pyrrole nitrogens is 2. The van der Waals surface area contributed by atoms with E-state index in [0.29, 0.717) is 11.3 Å². The molecule has 2 heterocycles. The number of hydrogen-bond acceptors (Lipinski definition) is 4. The van der Waals surface area contributed by atoms with Crippen molar-refractivity contribution in [3.8, 4) is 5.75 Å². The van der Waals surface area contributed by atoms with Gasteiger partial charge in [-0.2, -0.15) is 0 Å². The number of anilines is 1. The fourth-order valence-electron chi connectivity index (χ4n) is 2.40. The van der Waals surface area contributed by atoms with Gasteiger partial charge in [0, 0.05) is 29.2 Å². The first-order valence-electron chi connectivity index (χ1n) is 7.20. The second-order valence-electron chi connectivity index (χ2n) is 5.35. The van der Waals surface area contributed by atoms with Crippen LogP contribution in [0, 0.1) is 6.92 Å². The Hall–Kier alpha value is -3.02. The zero-order valence-electron chi connectivity index (χ0n) is 12.9. The maximum atomic E-state index is 12.1. The lowest BCUT2D eigenvalue weighted by Gasteiger charge is -2.08. The minimum absolute atomic E-state index is 0.181. The molecule has 0 amide bonds. The van der Waals surface area contributed by atoms with Crippen LogP contribution in [0.2, 0.25) is 0 Å². The van der Waals surface area contributed by atoms with Gasteiger partial charge < -0.3 is 20.0 Å². The number of aromatic nitrogens is 2. The molecule has 3 N–H and O–H groups in total. The number of pyridine rings is 2. The highest BCUT2D eigenvalue weighted by molar-refractivity contribution is 5.80. The van der Waals surface area contributed by atoms with E-state index in [0.717, 1.165) is 22.2 Å². The molecule has 0 saturated heterocycles. The minimum atomic E-state index is -0.213. The molecule has 0 spiro atoms. The fraction of sp³-hybridized carbons (Fsp3) is 0.176. The Balaban J connectivity index is 1.93. The van der Waals surface area contributed by atoms with Crippen molar-refractivity contribution in [2.45, 2.75) is 13.5 Å². The molecule has 23 heavy (non-hydrogen) atoms. The first-order valence-corrected chi connectivity index (χ1v) is 7.20. The van der Waals surface area contributed by atoms with Crippen molar-refractivity contribution in [1.29, 1.82) is 0 Å². The maximum absolute atomic E-state index is 12.1. The van der Waals surface area contributed by atoms with Gasteiger partial charge in [0.25, 0.3) is 11.1 Å². The van der Waals surface area contributed by atoms with Gasteiger partial charge in [-0.25, -0.2) is 0 Å². The van der Waals surface area contributed by atoms with Crippen molar-refractivity contribution in [2.24, 2.45) is 0 Å². The SMILES string of the molecule is COc1ccc2[nH]c(=O)c(CNc3cc(C)c[nH]c3=O)cc2c1. The van der Waals surface area contributed by atoms with Crippen LogP contribution in [-0.4, -0.2) is 17.1 Å². The summed E-state index contributed by atoms with van der Waals surface area (Å²) in [7, 11) is 1.60. The van der Waals surface area contributed by atoms with E-state index in [-0.39, 0.29) is 17.7 Å². The molecule has 0 fully saturated rings. The van der Waals surface area contributed by atoms with E-state index in [2.05, 4.69) is 15.3 Å². The predicted octanol–water partition coefficient (Wildman–Crippen LogP) is 2.15. The summed E-state index contributed by atoms with van der Waals surface area (Å²) in [5.74, 6) is 0.721. The highest BCUT2D eigenvalue weighted by atomic mass is 16.5. The van der Waals surface area contributed by atoms with Crippen LogP contribution in [0.15, 0.2) is 46.1 Å². The van der Waals surface area contributed by atoms with Gasteiger partial charge in [0.05, 0.1) is 7.11 Å². The molecule has 6 nitrogen and oxygen atoms in total. The molecule has 0 aliphatic heterocycles. The number of nitrogens with one attached hydrogen (secondary N) is 3. The molecule has 0 aliphatic carbocycles. The Labute approximate surface area is 132 Å². The fourth-order valence-corrected chi connectivity index (χ4v) is 2.40. The molecule has 1 aromatic carbocycles. The van der Waals surface area contributed by atoms with Crippen LogP contribution in [0.25, 0.3) is 10.9 Å². The number of aryl methyl sites for hydroxylation is 1. The van der Waals surface area contributed by atoms with Crippen LogP contribution in [0.1, 0.15) is 11.1 Å². The van der Waals surface area contributed by atoms with Gasteiger partial charge in [-0.1, -0.05) is 0 Å². The van der Waals surface area contributed by atoms with Crippen LogP contribution in [0.5, 0.6) is 5.75 Å². The van der Waals surface area contributed by atoms with E-state index >= 15 is 0 Å². The highest BCUT2D eigenvalue weighted by Gasteiger charge is 2.06.